The largest absolute Gasteiger partial charge is 0.356 e. The molecule has 1 saturated heterocycles. The van der Waals surface area contributed by atoms with Crippen LogP contribution in [-0.2, 0) is 14.4 Å². The summed E-state index contributed by atoms with van der Waals surface area (Å²) in [5.74, 6) is 0.0822. The van der Waals surface area contributed by atoms with E-state index in [1.165, 1.54) is 18.3 Å². The van der Waals surface area contributed by atoms with E-state index in [9.17, 15) is 14.4 Å². The van der Waals surface area contributed by atoms with Crippen molar-refractivity contribution in [2.24, 2.45) is 0 Å². The summed E-state index contributed by atoms with van der Waals surface area (Å²) in [6, 6.07) is 7.81. The summed E-state index contributed by atoms with van der Waals surface area (Å²) in [5.41, 5.74) is 0.889. The Morgan fingerprint density at radius 1 is 1.07 bits per heavy atom. The maximum atomic E-state index is 12.3. The summed E-state index contributed by atoms with van der Waals surface area (Å²) in [6.45, 7) is 5.18. The van der Waals surface area contributed by atoms with Gasteiger partial charge in [-0.25, -0.2) is 4.98 Å². The van der Waals surface area contributed by atoms with E-state index in [2.05, 4.69) is 20.5 Å². The van der Waals surface area contributed by atoms with Crippen LogP contribution in [0.3, 0.4) is 0 Å². The molecule has 0 atom stereocenters. The molecule has 3 rings (SSSR count). The number of aromatic nitrogens is 1. The van der Waals surface area contributed by atoms with Crippen molar-refractivity contribution in [2.45, 2.75) is 32.6 Å². The number of amides is 3. The van der Waals surface area contributed by atoms with E-state index in [1.807, 2.05) is 29.2 Å². The van der Waals surface area contributed by atoms with Crippen LogP contribution in [0.2, 0.25) is 0 Å². The molecule has 1 fully saturated rings. The highest BCUT2D eigenvalue weighted by atomic mass is 32.1. The number of nitrogens with zero attached hydrogens (tertiary/aromatic N) is 3. The monoisotopic (exact) mass is 431 g/mol. The number of para-hydroxylation sites is 1. The summed E-state index contributed by atoms with van der Waals surface area (Å²) in [5, 5.41) is 6.27. The third kappa shape index (κ3) is 6.77. The van der Waals surface area contributed by atoms with Gasteiger partial charge >= 0.3 is 0 Å². The molecular formula is C21H29N5O3S. The second-order valence-electron chi connectivity index (χ2n) is 7.49. The number of nitrogens with one attached hydrogen (secondary N) is 2. The summed E-state index contributed by atoms with van der Waals surface area (Å²) in [7, 11) is 0. The molecule has 1 aliphatic rings. The van der Waals surface area contributed by atoms with Gasteiger partial charge in [-0.1, -0.05) is 29.9 Å². The third-order valence-corrected chi connectivity index (χ3v) is 6.03. The number of benzene rings is 1. The average molecular weight is 432 g/mol. The van der Waals surface area contributed by atoms with Gasteiger partial charge in [0.2, 0.25) is 17.7 Å². The van der Waals surface area contributed by atoms with E-state index < -0.39 is 0 Å². The number of rotatable bonds is 9. The number of thiazole rings is 1. The fourth-order valence-corrected chi connectivity index (χ4v) is 4.33. The highest BCUT2D eigenvalue weighted by molar-refractivity contribution is 7.22. The molecule has 0 saturated carbocycles. The lowest BCUT2D eigenvalue weighted by Crippen LogP contribution is -2.50. The molecule has 0 aliphatic carbocycles. The number of carbonyl (C=O) groups is 3. The predicted molar refractivity (Wildman–Crippen MR) is 118 cm³/mol. The van der Waals surface area contributed by atoms with Gasteiger partial charge in [-0.3, -0.25) is 19.3 Å². The predicted octanol–water partition coefficient (Wildman–Crippen LogP) is 2.08. The van der Waals surface area contributed by atoms with Crippen molar-refractivity contribution in [1.82, 2.24) is 20.1 Å². The van der Waals surface area contributed by atoms with Crippen LogP contribution in [0.5, 0.6) is 0 Å². The van der Waals surface area contributed by atoms with Gasteiger partial charge in [0.25, 0.3) is 0 Å². The van der Waals surface area contributed by atoms with Gasteiger partial charge in [0.1, 0.15) is 0 Å². The molecule has 2 heterocycles. The highest BCUT2D eigenvalue weighted by Crippen LogP contribution is 2.25. The smallest absolute Gasteiger partial charge is 0.240 e. The first kappa shape index (κ1) is 22.2. The molecule has 2 N–H and O–H groups in total. The first-order chi connectivity index (χ1) is 14.5. The van der Waals surface area contributed by atoms with E-state index >= 15 is 0 Å². The molecule has 8 nitrogen and oxygen atoms in total. The van der Waals surface area contributed by atoms with Crippen molar-refractivity contribution >= 4 is 44.4 Å². The van der Waals surface area contributed by atoms with Gasteiger partial charge in [0.05, 0.1) is 16.8 Å². The minimum absolute atomic E-state index is 0.0160. The number of hydrogen-bond donors (Lipinski definition) is 2. The van der Waals surface area contributed by atoms with Crippen LogP contribution >= 0.6 is 11.3 Å². The molecule has 30 heavy (non-hydrogen) atoms. The quantitative estimate of drug-likeness (QED) is 0.593. The van der Waals surface area contributed by atoms with Crippen LogP contribution in [0.15, 0.2) is 24.3 Å². The lowest BCUT2D eigenvalue weighted by Gasteiger charge is -2.34. The van der Waals surface area contributed by atoms with E-state index in [1.54, 1.807) is 0 Å². The van der Waals surface area contributed by atoms with Gasteiger partial charge in [-0.2, -0.15) is 0 Å². The Labute approximate surface area is 180 Å². The molecule has 1 aromatic heterocycles. The number of unbranched alkanes of at least 4 members (excludes halogenated alkanes) is 2. The molecule has 0 bridgehead atoms. The summed E-state index contributed by atoms with van der Waals surface area (Å²) < 4.78 is 1.05. The zero-order chi connectivity index (χ0) is 21.3. The van der Waals surface area contributed by atoms with Gasteiger partial charge in [-0.05, 0) is 25.0 Å². The summed E-state index contributed by atoms with van der Waals surface area (Å²) >= 11 is 1.47. The fourth-order valence-electron chi connectivity index (χ4n) is 3.44. The Morgan fingerprint density at radius 3 is 2.57 bits per heavy atom. The first-order valence-corrected chi connectivity index (χ1v) is 11.2. The second-order valence-corrected chi connectivity index (χ2v) is 8.52. The Bertz CT molecular complexity index is 843. The molecule has 162 valence electrons. The van der Waals surface area contributed by atoms with Crippen LogP contribution in [0.25, 0.3) is 10.2 Å². The summed E-state index contributed by atoms with van der Waals surface area (Å²) in [6.07, 6.45) is 3.20. The van der Waals surface area contributed by atoms with E-state index in [4.69, 9.17) is 0 Å². The number of hydrogen-bond acceptors (Lipinski definition) is 6. The zero-order valence-electron chi connectivity index (χ0n) is 17.4. The van der Waals surface area contributed by atoms with Crippen molar-refractivity contribution in [2.75, 3.05) is 44.6 Å². The number of anilines is 1. The Morgan fingerprint density at radius 2 is 1.83 bits per heavy atom. The molecular weight excluding hydrogens is 402 g/mol. The van der Waals surface area contributed by atoms with Gasteiger partial charge in [0.15, 0.2) is 5.13 Å². The third-order valence-electron chi connectivity index (χ3n) is 5.07. The molecule has 2 aromatic rings. The van der Waals surface area contributed by atoms with Crippen molar-refractivity contribution in [3.05, 3.63) is 24.3 Å². The molecule has 1 aromatic carbocycles. The van der Waals surface area contributed by atoms with Crippen LogP contribution < -0.4 is 10.6 Å². The minimum Gasteiger partial charge on any atom is -0.356 e. The maximum absolute atomic E-state index is 12.3. The number of fused-ring (bicyclic) bond motifs is 1. The lowest BCUT2D eigenvalue weighted by molar-refractivity contribution is -0.133. The van der Waals surface area contributed by atoms with Crippen LogP contribution in [0.1, 0.15) is 32.6 Å². The van der Waals surface area contributed by atoms with Crippen molar-refractivity contribution in [3.8, 4) is 0 Å². The topological polar surface area (TPSA) is 94.6 Å². The maximum Gasteiger partial charge on any atom is 0.240 e. The average Bonchev–Trinajstić information content (AvgIpc) is 3.12. The van der Waals surface area contributed by atoms with Crippen molar-refractivity contribution < 1.29 is 14.4 Å². The highest BCUT2D eigenvalue weighted by Gasteiger charge is 2.22. The van der Waals surface area contributed by atoms with E-state index in [0.717, 1.165) is 29.5 Å². The molecule has 0 radical (unpaired) electrons. The molecule has 9 heteroatoms. The SMILES string of the molecule is CC(=O)NCCCCCC(=O)N1CCN(CC(=O)Nc2nc3ccccc3s2)CC1. The Balaban J connectivity index is 1.32. The van der Waals surface area contributed by atoms with Gasteiger partial charge in [0, 0.05) is 46.1 Å². The molecule has 1 aliphatic heterocycles. The van der Waals surface area contributed by atoms with Crippen molar-refractivity contribution in [3.63, 3.8) is 0 Å². The standard InChI is InChI=1S/C21H29N5O3S/c1-16(27)22-10-6-2-3-9-20(29)26-13-11-25(12-14-26)15-19(28)24-21-23-17-7-4-5-8-18(17)30-21/h4-5,7-8H,2-3,6,9-15H2,1H3,(H,22,27)(H,23,24,28). The lowest BCUT2D eigenvalue weighted by atomic mass is 10.1. The first-order valence-electron chi connectivity index (χ1n) is 10.4. The summed E-state index contributed by atoms with van der Waals surface area (Å²) in [4.78, 5) is 43.9. The number of piperazine rings is 1. The Hall–Kier alpha value is -2.52. The van der Waals surface area contributed by atoms with Crippen LogP contribution in [-0.4, -0.2) is 71.8 Å². The van der Waals surface area contributed by atoms with E-state index in [-0.39, 0.29) is 17.7 Å². The Kier molecular flexibility index (Phi) is 8.15. The van der Waals surface area contributed by atoms with Crippen LogP contribution in [0, 0.1) is 0 Å². The molecule has 0 spiro atoms. The zero-order valence-corrected chi connectivity index (χ0v) is 18.2. The second kappa shape index (κ2) is 11.0. The van der Waals surface area contributed by atoms with Crippen molar-refractivity contribution in [1.29, 1.82) is 0 Å². The normalized spacial score (nSPS) is 14.6. The molecule has 3 amide bonds. The van der Waals surface area contributed by atoms with E-state index in [0.29, 0.717) is 50.8 Å². The molecule has 0 unspecified atom stereocenters. The fraction of sp³-hybridized carbons (Fsp3) is 0.524. The number of carbonyl (C=O) groups excluding carboxylic acids is 3. The van der Waals surface area contributed by atoms with Gasteiger partial charge < -0.3 is 15.5 Å². The van der Waals surface area contributed by atoms with Crippen LogP contribution in [0.4, 0.5) is 5.13 Å². The minimum atomic E-state index is -0.0759. The van der Waals surface area contributed by atoms with Gasteiger partial charge in [-0.15, -0.1) is 0 Å².